The fourth-order valence-corrected chi connectivity index (χ4v) is 2.75. The molecule has 1 aromatic carbocycles. The molecule has 3 aromatic heterocycles. The van der Waals surface area contributed by atoms with Crippen molar-refractivity contribution in [1.29, 1.82) is 0 Å². The van der Waals surface area contributed by atoms with Gasteiger partial charge < -0.3 is 9.73 Å². The molecule has 0 radical (unpaired) electrons. The second-order valence-corrected chi connectivity index (χ2v) is 6.09. The van der Waals surface area contributed by atoms with Gasteiger partial charge in [0, 0.05) is 17.7 Å². The van der Waals surface area contributed by atoms with E-state index in [0.717, 1.165) is 4.68 Å². The number of nitrogens with zero attached hydrogens (tertiary/aromatic N) is 3. The molecule has 2 N–H and O–H groups in total. The van der Waals surface area contributed by atoms with Crippen molar-refractivity contribution < 1.29 is 9.21 Å². The number of hydrogen-bond donors (Lipinski definition) is 2. The quantitative estimate of drug-likeness (QED) is 0.537. The van der Waals surface area contributed by atoms with Gasteiger partial charge in [-0.2, -0.15) is 10.2 Å². The minimum Gasteiger partial charge on any atom is -0.463 e. The van der Waals surface area contributed by atoms with E-state index in [4.69, 9.17) is 4.42 Å². The lowest BCUT2D eigenvalue weighted by Crippen LogP contribution is -2.29. The number of hydrogen-bond acceptors (Lipinski definition) is 6. The van der Waals surface area contributed by atoms with Crippen LogP contribution in [-0.4, -0.2) is 25.9 Å². The topological polar surface area (TPSA) is 123 Å². The summed E-state index contributed by atoms with van der Waals surface area (Å²) >= 11 is 0. The first-order chi connectivity index (χ1) is 14.1. The Bertz CT molecular complexity index is 1250. The molecule has 0 saturated heterocycles. The first-order valence-electron chi connectivity index (χ1n) is 8.67. The van der Waals surface area contributed by atoms with Gasteiger partial charge in [0.05, 0.1) is 17.6 Å². The highest BCUT2D eigenvalue weighted by Gasteiger charge is 2.12. The first kappa shape index (κ1) is 18.1. The second kappa shape index (κ2) is 7.77. The summed E-state index contributed by atoms with van der Waals surface area (Å²) in [7, 11) is 0. The van der Waals surface area contributed by atoms with Gasteiger partial charge in [0.2, 0.25) is 5.91 Å². The van der Waals surface area contributed by atoms with Gasteiger partial charge in [0.25, 0.3) is 11.1 Å². The summed E-state index contributed by atoms with van der Waals surface area (Å²) in [5.74, 6) is 0.0571. The zero-order valence-corrected chi connectivity index (χ0v) is 15.0. The SMILES string of the molecule is O=C(Cn1nc(-c2ccco2)ccc1=O)Nc1ccccc1-c1ccc(=O)[nH]n1. The van der Waals surface area contributed by atoms with Gasteiger partial charge in [-0.3, -0.25) is 14.4 Å². The Morgan fingerprint density at radius 3 is 2.59 bits per heavy atom. The third-order valence-electron chi connectivity index (χ3n) is 4.09. The number of carbonyl (C=O) groups is 1. The number of furan rings is 1. The monoisotopic (exact) mass is 389 g/mol. The van der Waals surface area contributed by atoms with Crippen molar-refractivity contribution in [1.82, 2.24) is 20.0 Å². The third kappa shape index (κ3) is 4.03. The average molecular weight is 389 g/mol. The van der Waals surface area contributed by atoms with Crippen LogP contribution in [0, 0.1) is 0 Å². The van der Waals surface area contributed by atoms with Crippen molar-refractivity contribution in [3.05, 3.63) is 87.6 Å². The summed E-state index contributed by atoms with van der Waals surface area (Å²) in [5, 5.41) is 13.3. The Labute approximate surface area is 163 Å². The molecule has 0 aliphatic rings. The molecule has 0 unspecified atom stereocenters. The highest BCUT2D eigenvalue weighted by molar-refractivity contribution is 5.94. The summed E-state index contributed by atoms with van der Waals surface area (Å²) in [4.78, 5) is 35.9. The Morgan fingerprint density at radius 1 is 1.00 bits per heavy atom. The maximum absolute atomic E-state index is 12.6. The number of benzene rings is 1. The molecule has 4 aromatic rings. The molecule has 1 amide bonds. The molecule has 144 valence electrons. The molecule has 29 heavy (non-hydrogen) atoms. The molecule has 0 spiro atoms. The minimum atomic E-state index is -0.437. The van der Waals surface area contributed by atoms with Crippen LogP contribution in [0.5, 0.6) is 0 Å². The molecule has 0 atom stereocenters. The van der Waals surface area contributed by atoms with Gasteiger partial charge in [-0.25, -0.2) is 9.78 Å². The number of aromatic amines is 1. The molecule has 9 nitrogen and oxygen atoms in total. The molecule has 4 rings (SSSR count). The van der Waals surface area contributed by atoms with E-state index in [9.17, 15) is 14.4 Å². The van der Waals surface area contributed by atoms with Gasteiger partial charge in [-0.05, 0) is 30.3 Å². The van der Waals surface area contributed by atoms with Crippen LogP contribution in [-0.2, 0) is 11.3 Å². The zero-order chi connectivity index (χ0) is 20.2. The lowest BCUT2D eigenvalue weighted by atomic mass is 10.1. The molecular weight excluding hydrogens is 374 g/mol. The molecule has 0 bridgehead atoms. The molecule has 3 heterocycles. The summed E-state index contributed by atoms with van der Waals surface area (Å²) < 4.78 is 6.34. The minimum absolute atomic E-state index is 0.277. The van der Waals surface area contributed by atoms with E-state index in [-0.39, 0.29) is 12.1 Å². The van der Waals surface area contributed by atoms with E-state index in [0.29, 0.717) is 28.4 Å². The summed E-state index contributed by atoms with van der Waals surface area (Å²) in [5.41, 5.74) is 1.33. The largest absolute Gasteiger partial charge is 0.463 e. The fourth-order valence-electron chi connectivity index (χ4n) is 2.75. The van der Waals surface area contributed by atoms with Gasteiger partial charge >= 0.3 is 0 Å². The lowest BCUT2D eigenvalue weighted by molar-refractivity contribution is -0.117. The van der Waals surface area contributed by atoms with E-state index in [2.05, 4.69) is 20.6 Å². The Kier molecular flexibility index (Phi) is 4.85. The summed E-state index contributed by atoms with van der Waals surface area (Å²) in [6.07, 6.45) is 1.50. The first-order valence-corrected chi connectivity index (χ1v) is 8.67. The Hall–Kier alpha value is -4.27. The third-order valence-corrected chi connectivity index (χ3v) is 4.09. The zero-order valence-electron chi connectivity index (χ0n) is 15.0. The van der Waals surface area contributed by atoms with Crippen LogP contribution < -0.4 is 16.4 Å². The lowest BCUT2D eigenvalue weighted by Gasteiger charge is -2.11. The van der Waals surface area contributed by atoms with E-state index in [1.54, 1.807) is 42.5 Å². The number of anilines is 1. The van der Waals surface area contributed by atoms with E-state index < -0.39 is 11.5 Å². The number of amides is 1. The van der Waals surface area contributed by atoms with Gasteiger partial charge in [0.1, 0.15) is 12.2 Å². The molecule has 9 heteroatoms. The van der Waals surface area contributed by atoms with Crippen molar-refractivity contribution in [2.75, 3.05) is 5.32 Å². The van der Waals surface area contributed by atoms with Crippen molar-refractivity contribution in [3.8, 4) is 22.7 Å². The van der Waals surface area contributed by atoms with Crippen LogP contribution in [0.3, 0.4) is 0 Å². The van der Waals surface area contributed by atoms with Crippen molar-refractivity contribution in [2.24, 2.45) is 0 Å². The molecule has 0 aliphatic heterocycles. The van der Waals surface area contributed by atoms with Crippen LogP contribution in [0.1, 0.15) is 0 Å². The fraction of sp³-hybridized carbons (Fsp3) is 0.0500. The number of H-pyrrole nitrogens is 1. The van der Waals surface area contributed by atoms with Crippen molar-refractivity contribution in [3.63, 3.8) is 0 Å². The standard InChI is InChI=1S/C20H15N5O4/c26-18-9-7-15(22-23-18)13-4-1-2-5-14(13)21-19(27)12-25-20(28)10-8-16(24-25)17-6-3-11-29-17/h1-11H,12H2,(H,21,27)(H,23,26). The van der Waals surface area contributed by atoms with Gasteiger partial charge in [-0.15, -0.1) is 0 Å². The molecule has 0 aliphatic carbocycles. The van der Waals surface area contributed by atoms with E-state index in [1.165, 1.54) is 24.5 Å². The smallest absolute Gasteiger partial charge is 0.267 e. The van der Waals surface area contributed by atoms with E-state index >= 15 is 0 Å². The molecule has 0 fully saturated rings. The predicted octanol–water partition coefficient (Wildman–Crippen LogP) is 1.89. The predicted molar refractivity (Wildman–Crippen MR) is 105 cm³/mol. The Morgan fingerprint density at radius 2 is 1.83 bits per heavy atom. The van der Waals surface area contributed by atoms with Gasteiger partial charge in [-0.1, -0.05) is 18.2 Å². The number of nitrogens with one attached hydrogen (secondary N) is 2. The Balaban J connectivity index is 1.57. The van der Waals surface area contributed by atoms with Crippen molar-refractivity contribution in [2.45, 2.75) is 6.54 Å². The van der Waals surface area contributed by atoms with Crippen molar-refractivity contribution >= 4 is 11.6 Å². The van der Waals surface area contributed by atoms with Crippen LogP contribution >= 0.6 is 0 Å². The number of carbonyl (C=O) groups excluding carboxylic acids is 1. The molecule has 0 saturated carbocycles. The highest BCUT2D eigenvalue weighted by Crippen LogP contribution is 2.25. The van der Waals surface area contributed by atoms with Crippen LogP contribution in [0.15, 0.2) is 80.9 Å². The second-order valence-electron chi connectivity index (χ2n) is 6.09. The van der Waals surface area contributed by atoms with Gasteiger partial charge in [0.15, 0.2) is 5.76 Å². The summed E-state index contributed by atoms with van der Waals surface area (Å²) in [6.45, 7) is -0.277. The van der Waals surface area contributed by atoms with E-state index in [1.807, 2.05) is 0 Å². The number of para-hydroxylation sites is 1. The molecular formula is C20H15N5O4. The highest BCUT2D eigenvalue weighted by atomic mass is 16.3. The van der Waals surface area contributed by atoms with Crippen LogP contribution in [0.4, 0.5) is 5.69 Å². The van der Waals surface area contributed by atoms with Crippen LogP contribution in [0.25, 0.3) is 22.7 Å². The average Bonchev–Trinajstić information content (AvgIpc) is 3.26. The summed E-state index contributed by atoms with van der Waals surface area (Å²) in [6, 6.07) is 16.2. The number of aromatic nitrogens is 4. The van der Waals surface area contributed by atoms with Crippen LogP contribution in [0.2, 0.25) is 0 Å². The normalized spacial score (nSPS) is 10.6. The maximum atomic E-state index is 12.6. The number of rotatable bonds is 5. The maximum Gasteiger partial charge on any atom is 0.267 e.